The van der Waals surface area contributed by atoms with Gasteiger partial charge in [0.05, 0.1) is 17.1 Å². The van der Waals surface area contributed by atoms with Crippen LogP contribution in [-0.2, 0) is 4.79 Å². The lowest BCUT2D eigenvalue weighted by molar-refractivity contribution is -0.113. The summed E-state index contributed by atoms with van der Waals surface area (Å²) in [4.78, 5) is 15.9. The number of halogens is 1. The lowest BCUT2D eigenvalue weighted by Gasteiger charge is -2.06. The molecule has 0 unspecified atom stereocenters. The van der Waals surface area contributed by atoms with Gasteiger partial charge in [0.15, 0.2) is 5.15 Å². The van der Waals surface area contributed by atoms with E-state index >= 15 is 0 Å². The van der Waals surface area contributed by atoms with Crippen molar-refractivity contribution in [3.63, 3.8) is 0 Å². The lowest BCUT2D eigenvalue weighted by atomic mass is 10.3. The van der Waals surface area contributed by atoms with Crippen LogP contribution in [0.15, 0.2) is 47.8 Å². The predicted octanol–water partition coefficient (Wildman–Crippen LogP) is 2.15. The fraction of sp³-hybridized carbons (Fsp3) is 0.0714. The molecule has 3 rings (SSSR count). The number of phenols is 1. The number of hydrogen-bond donors (Lipinski definition) is 2. The van der Waals surface area contributed by atoms with Gasteiger partial charge in [-0.05, 0) is 46.8 Å². The highest BCUT2D eigenvalue weighted by Crippen LogP contribution is 2.21. The molecule has 0 radical (unpaired) electrons. The highest BCUT2D eigenvalue weighted by atomic mass is 35.5. The normalized spacial score (nSPS) is 10.5. The monoisotopic (exact) mass is 362 g/mol. The highest BCUT2D eigenvalue weighted by Gasteiger charge is 2.12. The second-order valence-corrected chi connectivity index (χ2v) is 5.87. The second kappa shape index (κ2) is 7.28. The van der Waals surface area contributed by atoms with Crippen LogP contribution in [0.1, 0.15) is 0 Å². The molecular weight excluding hydrogens is 352 g/mol. The molecule has 0 bridgehead atoms. The van der Waals surface area contributed by atoms with Crippen molar-refractivity contribution in [2.24, 2.45) is 0 Å². The third-order valence-electron chi connectivity index (χ3n) is 2.90. The van der Waals surface area contributed by atoms with Crippen molar-refractivity contribution < 1.29 is 9.90 Å². The largest absolute Gasteiger partial charge is 0.508 e. The van der Waals surface area contributed by atoms with E-state index in [1.54, 1.807) is 30.5 Å². The maximum atomic E-state index is 12.0. The zero-order chi connectivity index (χ0) is 16.9. The first-order valence-corrected chi connectivity index (χ1v) is 8.11. The van der Waals surface area contributed by atoms with Crippen molar-refractivity contribution in [2.75, 3.05) is 11.1 Å². The Morgan fingerprint density at radius 2 is 2.08 bits per heavy atom. The molecule has 0 aliphatic carbocycles. The average molecular weight is 363 g/mol. The number of carbonyl (C=O) groups excluding carboxylic acids is 1. The van der Waals surface area contributed by atoms with Gasteiger partial charge in [0, 0.05) is 6.20 Å². The molecule has 2 N–H and O–H groups in total. The topological polar surface area (TPSA) is 106 Å². The third-order valence-corrected chi connectivity index (χ3v) is 4.12. The molecule has 8 nitrogen and oxygen atoms in total. The van der Waals surface area contributed by atoms with Crippen LogP contribution in [-0.4, -0.2) is 42.0 Å². The van der Waals surface area contributed by atoms with Crippen molar-refractivity contribution >= 4 is 35.0 Å². The minimum atomic E-state index is -0.254. The van der Waals surface area contributed by atoms with Gasteiger partial charge < -0.3 is 10.4 Å². The number of amides is 1. The van der Waals surface area contributed by atoms with E-state index in [0.717, 1.165) is 0 Å². The Morgan fingerprint density at radius 1 is 1.29 bits per heavy atom. The number of thioether (sulfide) groups is 1. The summed E-state index contributed by atoms with van der Waals surface area (Å²) in [7, 11) is 0. The van der Waals surface area contributed by atoms with Crippen molar-refractivity contribution in [2.45, 2.75) is 5.16 Å². The van der Waals surface area contributed by atoms with E-state index in [1.165, 1.54) is 28.6 Å². The fourth-order valence-electron chi connectivity index (χ4n) is 1.82. The van der Waals surface area contributed by atoms with Crippen LogP contribution < -0.4 is 5.32 Å². The summed E-state index contributed by atoms with van der Waals surface area (Å²) in [5, 5.41) is 24.1. The molecule has 2 heterocycles. The van der Waals surface area contributed by atoms with E-state index in [1.807, 2.05) is 0 Å². The first-order chi connectivity index (χ1) is 11.6. The van der Waals surface area contributed by atoms with Gasteiger partial charge in [-0.25, -0.2) is 4.98 Å². The molecule has 0 aliphatic rings. The second-order valence-electron chi connectivity index (χ2n) is 4.57. The first kappa shape index (κ1) is 16.2. The molecule has 2 aromatic heterocycles. The molecule has 122 valence electrons. The number of aromatic hydroxyl groups is 1. The van der Waals surface area contributed by atoms with Crippen LogP contribution in [0.25, 0.3) is 5.69 Å². The van der Waals surface area contributed by atoms with Crippen LogP contribution in [0, 0.1) is 0 Å². The smallest absolute Gasteiger partial charge is 0.234 e. The number of benzene rings is 1. The van der Waals surface area contributed by atoms with Gasteiger partial charge in [0.2, 0.25) is 11.1 Å². The Labute approximate surface area is 145 Å². The molecule has 0 saturated carbocycles. The predicted molar refractivity (Wildman–Crippen MR) is 89.4 cm³/mol. The van der Waals surface area contributed by atoms with Gasteiger partial charge in [-0.1, -0.05) is 23.4 Å². The quantitative estimate of drug-likeness (QED) is 0.529. The first-order valence-electron chi connectivity index (χ1n) is 6.74. The number of anilines is 1. The molecule has 1 amide bonds. The minimum Gasteiger partial charge on any atom is -0.508 e. The van der Waals surface area contributed by atoms with E-state index in [-0.39, 0.29) is 22.6 Å². The molecule has 10 heteroatoms. The van der Waals surface area contributed by atoms with E-state index in [9.17, 15) is 9.90 Å². The zero-order valence-corrected chi connectivity index (χ0v) is 13.7. The lowest BCUT2D eigenvalue weighted by Crippen LogP contribution is -2.15. The van der Waals surface area contributed by atoms with Crippen molar-refractivity contribution in [1.29, 1.82) is 0 Å². The molecule has 24 heavy (non-hydrogen) atoms. The Balaban J connectivity index is 1.65. The van der Waals surface area contributed by atoms with Crippen molar-refractivity contribution in [3.8, 4) is 11.4 Å². The van der Waals surface area contributed by atoms with Gasteiger partial charge in [-0.3, -0.25) is 4.79 Å². The number of pyridine rings is 1. The van der Waals surface area contributed by atoms with E-state index in [2.05, 4.69) is 25.8 Å². The van der Waals surface area contributed by atoms with Gasteiger partial charge >= 0.3 is 0 Å². The number of aromatic nitrogens is 5. The number of rotatable bonds is 5. The summed E-state index contributed by atoms with van der Waals surface area (Å²) >= 11 is 7.07. The third kappa shape index (κ3) is 3.81. The Morgan fingerprint density at radius 3 is 2.83 bits per heavy atom. The van der Waals surface area contributed by atoms with Crippen LogP contribution in [0.4, 0.5) is 5.69 Å². The number of nitrogens with zero attached hydrogens (tertiary/aromatic N) is 5. The van der Waals surface area contributed by atoms with Crippen LogP contribution in [0.5, 0.6) is 5.75 Å². The zero-order valence-electron chi connectivity index (χ0n) is 12.1. The number of tetrazole rings is 1. The summed E-state index contributed by atoms with van der Waals surface area (Å²) < 4.78 is 1.48. The number of carbonyl (C=O) groups is 1. The van der Waals surface area contributed by atoms with Gasteiger partial charge in [0.1, 0.15) is 5.75 Å². The average Bonchev–Trinajstić information content (AvgIpc) is 3.04. The fourth-order valence-corrected chi connectivity index (χ4v) is 2.68. The van der Waals surface area contributed by atoms with Gasteiger partial charge in [-0.2, -0.15) is 4.68 Å². The summed E-state index contributed by atoms with van der Waals surface area (Å²) in [5.41, 5.74) is 1.12. The molecule has 1 aromatic carbocycles. The molecule has 0 fully saturated rings. The van der Waals surface area contributed by atoms with Gasteiger partial charge in [-0.15, -0.1) is 5.10 Å². The van der Waals surface area contributed by atoms with E-state index in [4.69, 9.17) is 11.6 Å². The highest BCUT2D eigenvalue weighted by molar-refractivity contribution is 7.99. The summed E-state index contributed by atoms with van der Waals surface area (Å²) in [6.07, 6.45) is 1.54. The number of nitrogens with one attached hydrogen (secondary N) is 1. The maximum Gasteiger partial charge on any atom is 0.234 e. The summed E-state index contributed by atoms with van der Waals surface area (Å²) in [6.45, 7) is 0. The summed E-state index contributed by atoms with van der Waals surface area (Å²) in [5.74, 6) is -0.00662. The Kier molecular flexibility index (Phi) is 4.92. The standard InChI is InChI=1S/C14H11ClN6O2S/c15-13-11(2-1-7-16-13)17-12(23)8-24-14-18-19-20-21(14)9-3-5-10(22)6-4-9/h1-7,22H,8H2,(H,17,23). The van der Waals surface area contributed by atoms with Gasteiger partial charge in [0.25, 0.3) is 0 Å². The van der Waals surface area contributed by atoms with Crippen LogP contribution in [0.2, 0.25) is 5.15 Å². The molecule has 0 atom stereocenters. The minimum absolute atomic E-state index is 0.101. The van der Waals surface area contributed by atoms with E-state index in [0.29, 0.717) is 16.5 Å². The van der Waals surface area contributed by atoms with Crippen LogP contribution in [0.3, 0.4) is 0 Å². The SMILES string of the molecule is O=C(CSc1nnnn1-c1ccc(O)cc1)Nc1cccnc1Cl. The van der Waals surface area contributed by atoms with E-state index < -0.39 is 0 Å². The summed E-state index contributed by atoms with van der Waals surface area (Å²) in [6, 6.07) is 9.75. The van der Waals surface area contributed by atoms with Crippen LogP contribution >= 0.6 is 23.4 Å². The molecule has 3 aromatic rings. The maximum absolute atomic E-state index is 12.0. The number of phenolic OH excluding ortho intramolecular Hbond substituents is 1. The number of hydrogen-bond acceptors (Lipinski definition) is 7. The molecule has 0 spiro atoms. The van der Waals surface area contributed by atoms with Crippen molar-refractivity contribution in [3.05, 3.63) is 47.7 Å². The molecule has 0 aliphatic heterocycles. The molecule has 0 saturated heterocycles. The Hall–Kier alpha value is -2.65. The molecular formula is C14H11ClN6O2S. The Bertz CT molecular complexity index is 854. The van der Waals surface area contributed by atoms with Crippen molar-refractivity contribution in [1.82, 2.24) is 25.2 Å².